The molecule has 2 aromatic rings. The van der Waals surface area contributed by atoms with Gasteiger partial charge in [-0.2, -0.15) is 0 Å². The van der Waals surface area contributed by atoms with E-state index in [0.29, 0.717) is 16.3 Å². The summed E-state index contributed by atoms with van der Waals surface area (Å²) in [5.74, 6) is -1.93. The van der Waals surface area contributed by atoms with Crippen LogP contribution >= 0.6 is 23.2 Å². The predicted molar refractivity (Wildman–Crippen MR) is 104 cm³/mol. The number of hydrogen-bond acceptors (Lipinski definition) is 4. The number of nitrogens with one attached hydrogen (secondary N) is 1. The van der Waals surface area contributed by atoms with Gasteiger partial charge in [-0.25, -0.2) is 4.79 Å². The van der Waals surface area contributed by atoms with E-state index in [4.69, 9.17) is 23.2 Å². The van der Waals surface area contributed by atoms with Crippen molar-refractivity contribution in [3.63, 3.8) is 0 Å². The lowest BCUT2D eigenvalue weighted by atomic mass is 10.1. The van der Waals surface area contributed by atoms with E-state index < -0.39 is 23.9 Å². The summed E-state index contributed by atoms with van der Waals surface area (Å²) in [5, 5.41) is 3.01. The molecule has 1 aliphatic rings. The van der Waals surface area contributed by atoms with Crippen LogP contribution < -0.4 is 10.2 Å². The maximum atomic E-state index is 12.5. The molecule has 0 aliphatic carbocycles. The predicted octanol–water partition coefficient (Wildman–Crippen LogP) is 2.73. The molecule has 1 heterocycles. The Hall–Kier alpha value is -2.90. The summed E-state index contributed by atoms with van der Waals surface area (Å²) in [4.78, 5) is 50.6. The minimum absolute atomic E-state index is 0.0557. The Balaban J connectivity index is 1.73. The number of urea groups is 1. The maximum absolute atomic E-state index is 12.5. The van der Waals surface area contributed by atoms with Gasteiger partial charge in [0.2, 0.25) is 6.29 Å². The fourth-order valence-electron chi connectivity index (χ4n) is 2.79. The Morgan fingerprint density at radius 3 is 2.39 bits per heavy atom. The SMILES string of the molecule is O=[C]C(NC(=O)N1CCN(c2ccc(Cl)cc2Cl)C(=O)C1=O)c1ccccc1. The van der Waals surface area contributed by atoms with Gasteiger partial charge in [-0.1, -0.05) is 53.5 Å². The molecule has 1 aliphatic heterocycles. The third-order valence-electron chi connectivity index (χ3n) is 4.18. The number of halogens is 2. The van der Waals surface area contributed by atoms with E-state index in [0.717, 1.165) is 4.90 Å². The molecule has 3 rings (SSSR count). The molecule has 1 unspecified atom stereocenters. The number of rotatable bonds is 4. The molecular weight excluding hydrogens is 405 g/mol. The van der Waals surface area contributed by atoms with E-state index >= 15 is 0 Å². The second kappa shape index (κ2) is 8.41. The normalized spacial score (nSPS) is 15.4. The van der Waals surface area contributed by atoms with Crippen LogP contribution in [0, 0.1) is 0 Å². The average molecular weight is 419 g/mol. The van der Waals surface area contributed by atoms with Crippen LogP contribution in [0.15, 0.2) is 48.5 Å². The van der Waals surface area contributed by atoms with Crippen molar-refractivity contribution in [2.45, 2.75) is 6.04 Å². The van der Waals surface area contributed by atoms with Crippen LogP contribution in [0.4, 0.5) is 10.5 Å². The van der Waals surface area contributed by atoms with Gasteiger partial charge in [0.05, 0.1) is 10.7 Å². The maximum Gasteiger partial charge on any atom is 0.325 e. The molecule has 0 bridgehead atoms. The lowest BCUT2D eigenvalue weighted by Crippen LogP contribution is -2.58. The molecule has 1 saturated heterocycles. The van der Waals surface area contributed by atoms with Gasteiger partial charge in [0, 0.05) is 18.1 Å². The van der Waals surface area contributed by atoms with Crippen LogP contribution in [0.3, 0.4) is 0 Å². The van der Waals surface area contributed by atoms with Crippen LogP contribution in [0.25, 0.3) is 0 Å². The number of amides is 4. The fourth-order valence-corrected chi connectivity index (χ4v) is 3.30. The van der Waals surface area contributed by atoms with Crippen molar-refractivity contribution in [3.8, 4) is 0 Å². The summed E-state index contributed by atoms with van der Waals surface area (Å²) >= 11 is 12.0. The lowest BCUT2D eigenvalue weighted by Gasteiger charge is -2.33. The highest BCUT2D eigenvalue weighted by molar-refractivity contribution is 6.44. The molecule has 1 radical (unpaired) electrons. The Bertz CT molecular complexity index is 936. The summed E-state index contributed by atoms with van der Waals surface area (Å²) in [6.45, 7) is -0.00409. The molecule has 4 amide bonds. The first-order valence-corrected chi connectivity index (χ1v) is 8.99. The molecule has 7 nitrogen and oxygen atoms in total. The van der Waals surface area contributed by atoms with Crippen molar-refractivity contribution in [3.05, 3.63) is 64.1 Å². The van der Waals surface area contributed by atoms with Gasteiger partial charge in [-0.3, -0.25) is 19.3 Å². The molecule has 0 saturated carbocycles. The van der Waals surface area contributed by atoms with E-state index in [-0.39, 0.29) is 18.1 Å². The Morgan fingerprint density at radius 2 is 1.75 bits per heavy atom. The summed E-state index contributed by atoms with van der Waals surface area (Å²) in [6, 6.07) is 11.1. The first-order valence-electron chi connectivity index (χ1n) is 8.24. The number of carbonyl (C=O) groups excluding carboxylic acids is 4. The minimum atomic E-state index is -1.06. The van der Waals surface area contributed by atoms with E-state index in [1.807, 2.05) is 0 Å². The smallest absolute Gasteiger partial charge is 0.323 e. The molecule has 2 aromatic carbocycles. The number of piperazine rings is 1. The quantitative estimate of drug-likeness (QED) is 0.773. The van der Waals surface area contributed by atoms with E-state index in [1.54, 1.807) is 42.7 Å². The molecule has 0 spiro atoms. The molecule has 1 fully saturated rings. The Morgan fingerprint density at radius 1 is 1.04 bits per heavy atom. The monoisotopic (exact) mass is 418 g/mol. The third-order valence-corrected chi connectivity index (χ3v) is 4.72. The lowest BCUT2D eigenvalue weighted by molar-refractivity contribution is -0.144. The first kappa shape index (κ1) is 19.9. The van der Waals surface area contributed by atoms with Gasteiger partial charge in [0.25, 0.3) is 0 Å². The number of anilines is 1. The van der Waals surface area contributed by atoms with Gasteiger partial charge in [0.15, 0.2) is 0 Å². The summed E-state index contributed by atoms with van der Waals surface area (Å²) in [7, 11) is 0. The van der Waals surface area contributed by atoms with Crippen molar-refractivity contribution < 1.29 is 19.2 Å². The van der Waals surface area contributed by atoms with Crippen LogP contribution in [0.1, 0.15) is 11.6 Å². The zero-order chi connectivity index (χ0) is 20.3. The number of carbonyl (C=O) groups is 3. The zero-order valence-corrected chi connectivity index (χ0v) is 15.9. The molecule has 1 N–H and O–H groups in total. The molecule has 1 atom stereocenters. The molecular formula is C19H14Cl2N3O4. The van der Waals surface area contributed by atoms with Gasteiger partial charge < -0.3 is 10.2 Å². The highest BCUT2D eigenvalue weighted by Crippen LogP contribution is 2.30. The second-order valence-corrected chi connectivity index (χ2v) is 6.76. The van der Waals surface area contributed by atoms with Crippen LogP contribution in [0.2, 0.25) is 10.0 Å². The average Bonchev–Trinajstić information content (AvgIpc) is 2.69. The van der Waals surface area contributed by atoms with Crippen LogP contribution in [-0.4, -0.2) is 42.1 Å². The van der Waals surface area contributed by atoms with Crippen molar-refractivity contribution in [1.29, 1.82) is 0 Å². The standard InChI is InChI=1S/C19H14Cl2N3O4/c20-13-6-7-16(14(21)10-13)23-8-9-24(18(27)17(23)26)19(28)22-15(11-25)12-4-2-1-3-5-12/h1-7,10,15H,8-9H2,(H,22,28). The fraction of sp³-hybridized carbons (Fsp3) is 0.158. The summed E-state index contributed by atoms with van der Waals surface area (Å²) < 4.78 is 0. The number of imide groups is 1. The highest BCUT2D eigenvalue weighted by Gasteiger charge is 2.38. The highest BCUT2D eigenvalue weighted by atomic mass is 35.5. The number of benzene rings is 2. The number of hydrogen-bond donors (Lipinski definition) is 1. The van der Waals surface area contributed by atoms with Gasteiger partial charge >= 0.3 is 17.8 Å². The van der Waals surface area contributed by atoms with Gasteiger partial charge in [-0.05, 0) is 23.8 Å². The molecule has 143 valence electrons. The molecule has 9 heteroatoms. The minimum Gasteiger partial charge on any atom is -0.323 e. The summed E-state index contributed by atoms with van der Waals surface area (Å²) in [5.41, 5.74) is 0.837. The van der Waals surface area contributed by atoms with Crippen molar-refractivity contribution >= 4 is 53.0 Å². The van der Waals surface area contributed by atoms with Crippen molar-refractivity contribution in [1.82, 2.24) is 10.2 Å². The Kier molecular flexibility index (Phi) is 5.96. The van der Waals surface area contributed by atoms with Gasteiger partial charge in [0.1, 0.15) is 6.04 Å². The third kappa shape index (κ3) is 4.00. The van der Waals surface area contributed by atoms with Crippen LogP contribution in [-0.2, 0) is 14.4 Å². The number of nitrogens with zero attached hydrogens (tertiary/aromatic N) is 2. The zero-order valence-electron chi connectivity index (χ0n) is 14.4. The molecule has 28 heavy (non-hydrogen) atoms. The van der Waals surface area contributed by atoms with E-state index in [1.165, 1.54) is 17.0 Å². The van der Waals surface area contributed by atoms with Crippen molar-refractivity contribution in [2.75, 3.05) is 18.0 Å². The van der Waals surface area contributed by atoms with Crippen molar-refractivity contribution in [2.24, 2.45) is 0 Å². The Labute approximate surface area is 170 Å². The van der Waals surface area contributed by atoms with Crippen LogP contribution in [0.5, 0.6) is 0 Å². The van der Waals surface area contributed by atoms with Gasteiger partial charge in [-0.15, -0.1) is 0 Å². The topological polar surface area (TPSA) is 86.8 Å². The summed E-state index contributed by atoms with van der Waals surface area (Å²) in [6.07, 6.45) is 1.72. The van der Waals surface area contributed by atoms with E-state index in [2.05, 4.69) is 5.32 Å². The first-order chi connectivity index (χ1) is 13.4. The second-order valence-electron chi connectivity index (χ2n) is 5.92. The van der Waals surface area contributed by atoms with E-state index in [9.17, 15) is 19.2 Å². The molecule has 0 aromatic heterocycles. The largest absolute Gasteiger partial charge is 0.325 e.